The second kappa shape index (κ2) is 3.34. The van der Waals surface area contributed by atoms with E-state index in [0.29, 0.717) is 12.9 Å². The predicted molar refractivity (Wildman–Crippen MR) is 35.4 cm³/mol. The summed E-state index contributed by atoms with van der Waals surface area (Å²) in [4.78, 5) is 21.8. The van der Waals surface area contributed by atoms with Crippen LogP contribution in [0.15, 0.2) is 0 Å². The SMILES string of the molecule is O=C[C@H]1COCCN1C(=O)O. The van der Waals surface area contributed by atoms with Crippen molar-refractivity contribution in [1.29, 1.82) is 0 Å². The molecular weight excluding hydrogens is 150 g/mol. The molecule has 11 heavy (non-hydrogen) atoms. The number of aldehydes is 1. The fourth-order valence-corrected chi connectivity index (χ4v) is 0.973. The van der Waals surface area contributed by atoms with Gasteiger partial charge in [0.1, 0.15) is 12.3 Å². The highest BCUT2D eigenvalue weighted by Gasteiger charge is 2.25. The Labute approximate surface area is 63.5 Å². The van der Waals surface area contributed by atoms with Crippen LogP contribution in [0, 0.1) is 0 Å². The Hall–Kier alpha value is -1.10. The van der Waals surface area contributed by atoms with Gasteiger partial charge in [-0.25, -0.2) is 4.79 Å². The van der Waals surface area contributed by atoms with Gasteiger partial charge in [0.25, 0.3) is 0 Å². The van der Waals surface area contributed by atoms with E-state index in [9.17, 15) is 9.59 Å². The summed E-state index contributed by atoms with van der Waals surface area (Å²) in [5.41, 5.74) is 0. The van der Waals surface area contributed by atoms with E-state index in [1.807, 2.05) is 0 Å². The lowest BCUT2D eigenvalue weighted by Gasteiger charge is -2.29. The maximum absolute atomic E-state index is 10.4. The average Bonchev–Trinajstić information content (AvgIpc) is 2.04. The topological polar surface area (TPSA) is 66.8 Å². The molecule has 0 aliphatic carbocycles. The number of ether oxygens (including phenoxy) is 1. The van der Waals surface area contributed by atoms with Crippen molar-refractivity contribution >= 4 is 12.4 Å². The van der Waals surface area contributed by atoms with Crippen molar-refractivity contribution in [2.75, 3.05) is 19.8 Å². The van der Waals surface area contributed by atoms with Crippen LogP contribution >= 0.6 is 0 Å². The molecule has 5 heteroatoms. The van der Waals surface area contributed by atoms with E-state index >= 15 is 0 Å². The third-order valence-corrected chi connectivity index (χ3v) is 1.57. The lowest BCUT2D eigenvalue weighted by atomic mass is 10.3. The Kier molecular flexibility index (Phi) is 2.43. The van der Waals surface area contributed by atoms with Gasteiger partial charge in [-0.05, 0) is 0 Å². The van der Waals surface area contributed by atoms with Crippen molar-refractivity contribution in [3.8, 4) is 0 Å². The zero-order valence-corrected chi connectivity index (χ0v) is 5.90. The zero-order chi connectivity index (χ0) is 8.27. The molecule has 0 saturated carbocycles. The van der Waals surface area contributed by atoms with Gasteiger partial charge in [-0.2, -0.15) is 0 Å². The van der Waals surface area contributed by atoms with Gasteiger partial charge in [0.15, 0.2) is 0 Å². The van der Waals surface area contributed by atoms with Crippen molar-refractivity contribution < 1.29 is 19.4 Å². The van der Waals surface area contributed by atoms with Crippen molar-refractivity contribution in [3.05, 3.63) is 0 Å². The van der Waals surface area contributed by atoms with Crippen LogP contribution in [-0.2, 0) is 9.53 Å². The molecule has 0 spiro atoms. The molecule has 0 radical (unpaired) electrons. The molecule has 5 nitrogen and oxygen atoms in total. The van der Waals surface area contributed by atoms with Crippen LogP contribution < -0.4 is 0 Å². The van der Waals surface area contributed by atoms with Crippen molar-refractivity contribution in [1.82, 2.24) is 4.90 Å². The first-order chi connectivity index (χ1) is 5.25. The molecule has 0 aromatic rings. The lowest BCUT2D eigenvalue weighted by Crippen LogP contribution is -2.48. The van der Waals surface area contributed by atoms with Gasteiger partial charge < -0.3 is 14.6 Å². The van der Waals surface area contributed by atoms with Gasteiger partial charge in [0, 0.05) is 6.54 Å². The van der Waals surface area contributed by atoms with E-state index in [4.69, 9.17) is 9.84 Å². The highest BCUT2D eigenvalue weighted by molar-refractivity contribution is 5.72. The summed E-state index contributed by atoms with van der Waals surface area (Å²) >= 11 is 0. The Balaban J connectivity index is 2.58. The number of rotatable bonds is 1. The van der Waals surface area contributed by atoms with E-state index < -0.39 is 12.1 Å². The van der Waals surface area contributed by atoms with Crippen molar-refractivity contribution in [3.63, 3.8) is 0 Å². The summed E-state index contributed by atoms with van der Waals surface area (Å²) in [6, 6.07) is -0.624. The Bertz CT molecular complexity index is 170. The lowest BCUT2D eigenvalue weighted by molar-refractivity contribution is -0.116. The molecule has 1 heterocycles. The molecule has 1 fully saturated rings. The second-order valence-electron chi connectivity index (χ2n) is 2.25. The van der Waals surface area contributed by atoms with Gasteiger partial charge in [-0.15, -0.1) is 0 Å². The Morgan fingerprint density at radius 2 is 2.45 bits per heavy atom. The first-order valence-electron chi connectivity index (χ1n) is 3.28. The normalized spacial score (nSPS) is 24.7. The first kappa shape index (κ1) is 8.00. The maximum Gasteiger partial charge on any atom is 0.408 e. The first-order valence-corrected chi connectivity index (χ1v) is 3.28. The number of carbonyl (C=O) groups excluding carboxylic acids is 1. The van der Waals surface area contributed by atoms with Gasteiger partial charge >= 0.3 is 6.09 Å². The molecule has 62 valence electrons. The summed E-state index contributed by atoms with van der Waals surface area (Å²) in [5, 5.41) is 8.55. The number of carbonyl (C=O) groups is 2. The standard InChI is InChI=1S/C6H9NO4/c8-3-5-4-11-2-1-7(5)6(9)10/h3,5H,1-2,4H2,(H,9,10)/t5-/m0/s1. The smallest absolute Gasteiger partial charge is 0.408 e. The molecule has 0 unspecified atom stereocenters. The summed E-state index contributed by atoms with van der Waals surface area (Å²) in [6.45, 7) is 0.825. The molecule has 1 saturated heterocycles. The van der Waals surface area contributed by atoms with Gasteiger partial charge in [0.2, 0.25) is 0 Å². The molecule has 0 aromatic heterocycles. The number of carboxylic acid groups (broad SMARTS) is 1. The minimum atomic E-state index is -1.06. The summed E-state index contributed by atoms with van der Waals surface area (Å²) in [5.74, 6) is 0. The van der Waals surface area contributed by atoms with Gasteiger partial charge in [-0.3, -0.25) is 4.90 Å². The van der Waals surface area contributed by atoms with E-state index in [1.165, 1.54) is 0 Å². The van der Waals surface area contributed by atoms with Gasteiger partial charge in [-0.1, -0.05) is 0 Å². The van der Waals surface area contributed by atoms with E-state index in [2.05, 4.69) is 0 Å². The van der Waals surface area contributed by atoms with Crippen LogP contribution in [0.3, 0.4) is 0 Å². The van der Waals surface area contributed by atoms with Crippen molar-refractivity contribution in [2.45, 2.75) is 6.04 Å². The quantitative estimate of drug-likeness (QED) is 0.527. The molecule has 0 bridgehead atoms. The largest absolute Gasteiger partial charge is 0.465 e. The van der Waals surface area contributed by atoms with Gasteiger partial charge in [0.05, 0.1) is 13.2 Å². The fraction of sp³-hybridized carbons (Fsp3) is 0.667. The fourth-order valence-electron chi connectivity index (χ4n) is 0.973. The maximum atomic E-state index is 10.4. The second-order valence-corrected chi connectivity index (χ2v) is 2.25. The average molecular weight is 159 g/mol. The molecule has 1 rings (SSSR count). The molecule has 1 amide bonds. The monoisotopic (exact) mass is 159 g/mol. The summed E-state index contributed by atoms with van der Waals surface area (Å²) < 4.78 is 4.92. The molecular formula is C6H9NO4. The van der Waals surface area contributed by atoms with Crippen LogP contribution in [0.25, 0.3) is 0 Å². The third kappa shape index (κ3) is 1.68. The predicted octanol–water partition coefficient (Wildman–Crippen LogP) is -0.436. The Morgan fingerprint density at radius 3 is 2.91 bits per heavy atom. The van der Waals surface area contributed by atoms with E-state index in [1.54, 1.807) is 0 Å². The van der Waals surface area contributed by atoms with E-state index in [0.717, 1.165) is 4.90 Å². The molecule has 0 aromatic carbocycles. The number of nitrogens with zero attached hydrogens (tertiary/aromatic N) is 1. The zero-order valence-electron chi connectivity index (χ0n) is 5.90. The van der Waals surface area contributed by atoms with Crippen LogP contribution in [0.2, 0.25) is 0 Å². The number of amides is 1. The van der Waals surface area contributed by atoms with Crippen molar-refractivity contribution in [2.24, 2.45) is 0 Å². The summed E-state index contributed by atoms with van der Waals surface area (Å²) in [7, 11) is 0. The van der Waals surface area contributed by atoms with Crippen LogP contribution in [0.1, 0.15) is 0 Å². The van der Waals surface area contributed by atoms with Crippen LogP contribution in [0.4, 0.5) is 4.79 Å². The minimum absolute atomic E-state index is 0.176. The number of morpholine rings is 1. The molecule has 1 N–H and O–H groups in total. The third-order valence-electron chi connectivity index (χ3n) is 1.57. The van der Waals surface area contributed by atoms with E-state index in [-0.39, 0.29) is 13.2 Å². The minimum Gasteiger partial charge on any atom is -0.465 e. The molecule has 1 aliphatic heterocycles. The van der Waals surface area contributed by atoms with Crippen LogP contribution in [0.5, 0.6) is 0 Å². The molecule has 1 aliphatic rings. The highest BCUT2D eigenvalue weighted by atomic mass is 16.5. The number of hydrogen-bond acceptors (Lipinski definition) is 3. The number of hydrogen-bond donors (Lipinski definition) is 1. The Morgan fingerprint density at radius 1 is 1.73 bits per heavy atom. The summed E-state index contributed by atoms with van der Waals surface area (Å²) in [6.07, 6.45) is -0.474. The van der Waals surface area contributed by atoms with Crippen LogP contribution in [-0.4, -0.2) is 48.2 Å². The molecule has 1 atom stereocenters. The highest BCUT2D eigenvalue weighted by Crippen LogP contribution is 2.04.